The molecule has 0 aliphatic carbocycles. The average molecular weight is 317 g/mol. The summed E-state index contributed by atoms with van der Waals surface area (Å²) >= 11 is 0. The van der Waals surface area contributed by atoms with Gasteiger partial charge in [0.25, 0.3) is 5.91 Å². The van der Waals surface area contributed by atoms with Crippen LogP contribution in [-0.4, -0.2) is 36.5 Å². The Morgan fingerprint density at radius 3 is 2.57 bits per heavy atom. The summed E-state index contributed by atoms with van der Waals surface area (Å²) in [4.78, 5) is 25.1. The van der Waals surface area contributed by atoms with Gasteiger partial charge >= 0.3 is 6.03 Å². The third kappa shape index (κ3) is 5.27. The Balaban J connectivity index is 1.70. The number of nitrogens with one attached hydrogen (secondary N) is 1. The largest absolute Gasteiger partial charge is 0.352 e. The number of carbonyl (C=O) groups excluding carboxylic acids is 2. The zero-order chi connectivity index (χ0) is 16.7. The van der Waals surface area contributed by atoms with Crippen LogP contribution in [-0.2, 0) is 0 Å². The quantitative estimate of drug-likeness (QED) is 0.792. The van der Waals surface area contributed by atoms with Gasteiger partial charge in [-0.3, -0.25) is 4.79 Å². The Bertz CT molecular complexity index is 537. The van der Waals surface area contributed by atoms with Gasteiger partial charge < -0.3 is 16.0 Å². The molecule has 1 aromatic rings. The summed E-state index contributed by atoms with van der Waals surface area (Å²) in [5.74, 6) is 0.844. The topological polar surface area (TPSA) is 75.4 Å². The number of carbonyl (C=O) groups is 2. The molecule has 3 N–H and O–H groups in total. The van der Waals surface area contributed by atoms with Crippen molar-refractivity contribution >= 4 is 11.9 Å². The lowest BCUT2D eigenvalue weighted by molar-refractivity contribution is 0.0685. The van der Waals surface area contributed by atoms with E-state index in [1.165, 1.54) is 0 Å². The molecule has 5 nitrogen and oxygen atoms in total. The smallest absolute Gasteiger partial charge is 0.312 e. The van der Waals surface area contributed by atoms with Crippen molar-refractivity contribution in [2.45, 2.75) is 39.0 Å². The third-order valence-electron chi connectivity index (χ3n) is 4.62. The molecule has 2 rings (SSSR count). The minimum absolute atomic E-state index is 0.159. The van der Waals surface area contributed by atoms with Crippen molar-refractivity contribution in [1.82, 2.24) is 10.2 Å². The minimum atomic E-state index is -0.451. The zero-order valence-electron chi connectivity index (χ0n) is 13.9. The van der Waals surface area contributed by atoms with E-state index in [0.717, 1.165) is 56.3 Å². The lowest BCUT2D eigenvalue weighted by Crippen LogP contribution is -2.38. The number of rotatable bonds is 6. The van der Waals surface area contributed by atoms with Crippen molar-refractivity contribution in [3.63, 3.8) is 0 Å². The van der Waals surface area contributed by atoms with Crippen LogP contribution < -0.4 is 11.1 Å². The van der Waals surface area contributed by atoms with Crippen molar-refractivity contribution in [2.24, 2.45) is 11.7 Å². The first-order valence-corrected chi connectivity index (χ1v) is 8.46. The van der Waals surface area contributed by atoms with Gasteiger partial charge in [0.1, 0.15) is 0 Å². The molecule has 0 aromatic heterocycles. The molecule has 126 valence electrons. The highest BCUT2D eigenvalue weighted by Crippen LogP contribution is 2.24. The standard InChI is InChI=1S/C18H27N3O2/c1-14-6-2-3-8-16(14)17(22)21-12-9-15(10-13-21)7-4-5-11-20-18(19)23/h2-3,6,8,15H,4-5,7,9-13H2,1H3,(H3,19,20,23). The molecule has 3 amide bonds. The van der Waals surface area contributed by atoms with Crippen LogP contribution in [0.2, 0.25) is 0 Å². The van der Waals surface area contributed by atoms with Crippen molar-refractivity contribution in [3.8, 4) is 0 Å². The molecule has 0 atom stereocenters. The molecular formula is C18H27N3O2. The first-order chi connectivity index (χ1) is 11.1. The van der Waals surface area contributed by atoms with Crippen LogP contribution >= 0.6 is 0 Å². The Kier molecular flexibility index (Phi) is 6.44. The van der Waals surface area contributed by atoms with E-state index in [-0.39, 0.29) is 5.91 Å². The van der Waals surface area contributed by atoms with Gasteiger partial charge in [0.2, 0.25) is 0 Å². The molecule has 1 saturated heterocycles. The van der Waals surface area contributed by atoms with E-state index in [9.17, 15) is 9.59 Å². The fraction of sp³-hybridized carbons (Fsp3) is 0.556. The van der Waals surface area contributed by atoms with Crippen LogP contribution in [0, 0.1) is 12.8 Å². The Morgan fingerprint density at radius 2 is 1.91 bits per heavy atom. The number of unbranched alkanes of at least 4 members (excludes halogenated alkanes) is 1. The number of piperidine rings is 1. The number of urea groups is 1. The summed E-state index contributed by atoms with van der Waals surface area (Å²) < 4.78 is 0. The van der Waals surface area contributed by atoms with Gasteiger partial charge in [-0.15, -0.1) is 0 Å². The van der Waals surface area contributed by atoms with Crippen LogP contribution in [0.25, 0.3) is 0 Å². The maximum Gasteiger partial charge on any atom is 0.312 e. The Morgan fingerprint density at radius 1 is 1.22 bits per heavy atom. The Hall–Kier alpha value is -2.04. The predicted octanol–water partition coefficient (Wildman–Crippen LogP) is 2.69. The molecule has 0 radical (unpaired) electrons. The maximum atomic E-state index is 12.6. The lowest BCUT2D eigenvalue weighted by atomic mass is 9.91. The second-order valence-electron chi connectivity index (χ2n) is 6.34. The van der Waals surface area contributed by atoms with E-state index in [4.69, 9.17) is 5.73 Å². The highest BCUT2D eigenvalue weighted by atomic mass is 16.2. The molecule has 0 spiro atoms. The minimum Gasteiger partial charge on any atom is -0.352 e. The maximum absolute atomic E-state index is 12.6. The van der Waals surface area contributed by atoms with Gasteiger partial charge in [0, 0.05) is 25.2 Å². The number of amides is 3. The van der Waals surface area contributed by atoms with Crippen LogP contribution in [0.1, 0.15) is 48.0 Å². The van der Waals surface area contributed by atoms with Crippen molar-refractivity contribution in [2.75, 3.05) is 19.6 Å². The van der Waals surface area contributed by atoms with Gasteiger partial charge in [-0.2, -0.15) is 0 Å². The molecular weight excluding hydrogens is 290 g/mol. The van der Waals surface area contributed by atoms with E-state index in [1.54, 1.807) is 0 Å². The van der Waals surface area contributed by atoms with Crippen molar-refractivity contribution in [1.29, 1.82) is 0 Å². The van der Waals surface area contributed by atoms with Crippen LogP contribution in [0.5, 0.6) is 0 Å². The molecule has 23 heavy (non-hydrogen) atoms. The summed E-state index contributed by atoms with van der Waals surface area (Å²) in [5, 5.41) is 2.61. The predicted molar refractivity (Wildman–Crippen MR) is 91.2 cm³/mol. The fourth-order valence-corrected chi connectivity index (χ4v) is 3.18. The number of benzene rings is 1. The molecule has 0 bridgehead atoms. The summed E-state index contributed by atoms with van der Waals surface area (Å²) in [6, 6.07) is 7.33. The van der Waals surface area contributed by atoms with Gasteiger partial charge in [0.05, 0.1) is 0 Å². The van der Waals surface area contributed by atoms with Gasteiger partial charge in [-0.25, -0.2) is 4.79 Å². The van der Waals surface area contributed by atoms with E-state index in [0.29, 0.717) is 12.5 Å². The molecule has 1 aromatic carbocycles. The molecule has 0 unspecified atom stereocenters. The second kappa shape index (κ2) is 8.56. The molecule has 1 heterocycles. The molecule has 1 aliphatic rings. The first kappa shape index (κ1) is 17.3. The second-order valence-corrected chi connectivity index (χ2v) is 6.34. The average Bonchev–Trinajstić information content (AvgIpc) is 2.55. The number of nitrogens with two attached hydrogens (primary N) is 1. The number of likely N-dealkylation sites (tertiary alicyclic amines) is 1. The molecule has 5 heteroatoms. The first-order valence-electron chi connectivity index (χ1n) is 8.46. The molecule has 1 aliphatic heterocycles. The summed E-state index contributed by atoms with van der Waals surface area (Å²) in [6.45, 7) is 4.33. The Labute approximate surface area is 138 Å². The number of hydrogen-bond donors (Lipinski definition) is 2. The highest BCUT2D eigenvalue weighted by Gasteiger charge is 2.23. The number of aryl methyl sites for hydroxylation is 1. The van der Waals surface area contributed by atoms with Gasteiger partial charge in [-0.05, 0) is 43.7 Å². The van der Waals surface area contributed by atoms with Crippen molar-refractivity contribution in [3.05, 3.63) is 35.4 Å². The van der Waals surface area contributed by atoms with E-state index < -0.39 is 6.03 Å². The number of nitrogens with zero attached hydrogens (tertiary/aromatic N) is 1. The number of hydrogen-bond acceptors (Lipinski definition) is 2. The van der Waals surface area contributed by atoms with E-state index >= 15 is 0 Å². The van der Waals surface area contributed by atoms with E-state index in [2.05, 4.69) is 5.32 Å². The summed E-state index contributed by atoms with van der Waals surface area (Å²) in [5.41, 5.74) is 6.90. The van der Waals surface area contributed by atoms with E-state index in [1.807, 2.05) is 36.1 Å². The highest BCUT2D eigenvalue weighted by molar-refractivity contribution is 5.95. The van der Waals surface area contributed by atoms with Crippen LogP contribution in [0.4, 0.5) is 4.79 Å². The normalized spacial score (nSPS) is 15.4. The molecule has 1 fully saturated rings. The third-order valence-corrected chi connectivity index (χ3v) is 4.62. The lowest BCUT2D eigenvalue weighted by Gasteiger charge is -2.32. The van der Waals surface area contributed by atoms with Gasteiger partial charge in [-0.1, -0.05) is 31.0 Å². The van der Waals surface area contributed by atoms with Crippen LogP contribution in [0.3, 0.4) is 0 Å². The van der Waals surface area contributed by atoms with Crippen molar-refractivity contribution < 1.29 is 9.59 Å². The van der Waals surface area contributed by atoms with Crippen LogP contribution in [0.15, 0.2) is 24.3 Å². The summed E-state index contributed by atoms with van der Waals surface area (Å²) in [7, 11) is 0. The monoisotopic (exact) mass is 317 g/mol. The molecule has 0 saturated carbocycles. The number of primary amides is 1. The SMILES string of the molecule is Cc1ccccc1C(=O)N1CCC(CCCCNC(N)=O)CC1. The zero-order valence-corrected chi connectivity index (χ0v) is 13.9. The fourth-order valence-electron chi connectivity index (χ4n) is 3.18. The van der Waals surface area contributed by atoms with Gasteiger partial charge in [0.15, 0.2) is 0 Å². The summed E-state index contributed by atoms with van der Waals surface area (Å²) in [6.07, 6.45) is 5.36.